The minimum absolute atomic E-state index is 0.0121. The van der Waals surface area contributed by atoms with E-state index in [1.54, 1.807) is 54.4 Å². The number of piperidine rings is 1. The summed E-state index contributed by atoms with van der Waals surface area (Å²) in [5.41, 5.74) is 0.598. The van der Waals surface area contributed by atoms with E-state index in [0.717, 1.165) is 0 Å². The van der Waals surface area contributed by atoms with Crippen molar-refractivity contribution in [1.29, 1.82) is 0 Å². The number of hydrogen-bond donors (Lipinski definition) is 0. The minimum Gasteiger partial charge on any atom is -0.466 e. The van der Waals surface area contributed by atoms with Gasteiger partial charge in [-0.25, -0.2) is 9.59 Å². The maximum atomic E-state index is 13.6. The first kappa shape index (κ1) is 24.8. The van der Waals surface area contributed by atoms with Crippen LogP contribution in [0.15, 0.2) is 60.0 Å². The van der Waals surface area contributed by atoms with Crippen molar-refractivity contribution in [2.75, 3.05) is 38.8 Å². The van der Waals surface area contributed by atoms with E-state index in [2.05, 4.69) is 0 Å². The Morgan fingerprint density at radius 3 is 2.47 bits per heavy atom. The van der Waals surface area contributed by atoms with E-state index in [9.17, 15) is 19.2 Å². The van der Waals surface area contributed by atoms with Gasteiger partial charge in [-0.15, -0.1) is 0 Å². The van der Waals surface area contributed by atoms with Crippen LogP contribution in [-0.4, -0.2) is 62.6 Å². The molecule has 1 fully saturated rings. The maximum absolute atomic E-state index is 13.6. The van der Waals surface area contributed by atoms with Gasteiger partial charge in [-0.3, -0.25) is 9.59 Å². The number of carbonyl (C=O) groups is 4. The third-order valence-electron chi connectivity index (χ3n) is 5.61. The summed E-state index contributed by atoms with van der Waals surface area (Å²) in [6.45, 7) is 2.77. The number of ether oxygens (including phenoxy) is 3. The normalized spacial score (nSPS) is 17.8. The van der Waals surface area contributed by atoms with Gasteiger partial charge in [-0.2, -0.15) is 0 Å². The van der Waals surface area contributed by atoms with Crippen LogP contribution in [0.4, 0.5) is 5.69 Å². The average molecular weight is 469 g/mol. The van der Waals surface area contributed by atoms with Crippen molar-refractivity contribution in [3.8, 4) is 0 Å². The predicted octanol–water partition coefficient (Wildman–Crippen LogP) is 2.59. The quantitative estimate of drug-likeness (QED) is 0.464. The van der Waals surface area contributed by atoms with Crippen LogP contribution in [0.3, 0.4) is 0 Å². The second kappa shape index (κ2) is 11.3. The summed E-state index contributed by atoms with van der Waals surface area (Å²) in [7, 11) is 2.43. The summed E-state index contributed by atoms with van der Waals surface area (Å²) >= 11 is 0. The van der Waals surface area contributed by atoms with Gasteiger partial charge in [0.1, 0.15) is 5.70 Å². The first-order valence-electron chi connectivity index (χ1n) is 11.0. The largest absolute Gasteiger partial charge is 0.466 e. The molecule has 0 aliphatic carbocycles. The van der Waals surface area contributed by atoms with Gasteiger partial charge in [0.15, 0.2) is 0 Å². The number of para-hydroxylation sites is 1. The van der Waals surface area contributed by atoms with Crippen LogP contribution in [0.25, 0.3) is 0 Å². The number of nitrogens with zero attached hydrogens (tertiary/aromatic N) is 2. The first-order valence-corrected chi connectivity index (χ1v) is 11.0. The van der Waals surface area contributed by atoms with Gasteiger partial charge >= 0.3 is 17.9 Å². The molecule has 9 heteroatoms. The Morgan fingerprint density at radius 1 is 1.03 bits per heavy atom. The third-order valence-corrected chi connectivity index (χ3v) is 5.61. The molecule has 9 nitrogen and oxygen atoms in total. The number of amides is 1. The fourth-order valence-electron chi connectivity index (χ4n) is 4.00. The van der Waals surface area contributed by atoms with E-state index in [-0.39, 0.29) is 42.2 Å². The number of anilines is 1. The van der Waals surface area contributed by atoms with Crippen LogP contribution < -0.4 is 4.90 Å². The van der Waals surface area contributed by atoms with Crippen molar-refractivity contribution in [1.82, 2.24) is 4.90 Å². The van der Waals surface area contributed by atoms with Crippen LogP contribution in [0.1, 0.15) is 30.1 Å². The number of benzene rings is 1. The van der Waals surface area contributed by atoms with Crippen LogP contribution in [-0.2, 0) is 28.6 Å². The van der Waals surface area contributed by atoms with E-state index < -0.39 is 11.9 Å². The summed E-state index contributed by atoms with van der Waals surface area (Å²) in [5.74, 6) is -2.47. The van der Waals surface area contributed by atoms with Crippen molar-refractivity contribution in [2.45, 2.75) is 19.8 Å². The molecule has 2 aliphatic rings. The molecule has 3 rings (SSSR count). The van der Waals surface area contributed by atoms with E-state index in [0.29, 0.717) is 30.6 Å². The molecule has 1 saturated heterocycles. The highest BCUT2D eigenvalue weighted by Crippen LogP contribution is 2.31. The predicted molar refractivity (Wildman–Crippen MR) is 124 cm³/mol. The number of esters is 3. The average Bonchev–Trinajstić information content (AvgIpc) is 3.10. The number of allylic oxidation sites excluding steroid dienone is 2. The zero-order chi connectivity index (χ0) is 24.7. The van der Waals surface area contributed by atoms with Gasteiger partial charge in [0.25, 0.3) is 5.91 Å². The molecule has 2 aliphatic heterocycles. The van der Waals surface area contributed by atoms with E-state index in [1.165, 1.54) is 25.2 Å². The highest BCUT2D eigenvalue weighted by molar-refractivity contribution is 6.07. The SMILES string of the molecule is CCOC(=O)C1CCCN(C(=O)c2ccccc2N2C=CC=CC(C(=O)OC)=C2C(=O)OC)C1. The van der Waals surface area contributed by atoms with Crippen molar-refractivity contribution in [3.63, 3.8) is 0 Å². The molecule has 0 bridgehead atoms. The highest BCUT2D eigenvalue weighted by Gasteiger charge is 2.33. The number of hydrogen-bond acceptors (Lipinski definition) is 8. The Labute approximate surface area is 198 Å². The molecule has 180 valence electrons. The standard InChI is InChI=1S/C25H28N2O7/c1-4-34-23(29)17-10-9-14-26(16-17)22(28)18-11-5-6-13-20(18)27-15-8-7-12-19(24(30)32-2)21(27)25(31)33-3/h5-8,11-13,15,17H,4,9-10,14,16H2,1-3H3. The lowest BCUT2D eigenvalue weighted by Gasteiger charge is -2.33. The molecule has 1 amide bonds. The Bertz CT molecular complexity index is 1060. The van der Waals surface area contributed by atoms with Crippen molar-refractivity contribution >= 4 is 29.5 Å². The summed E-state index contributed by atoms with van der Waals surface area (Å²) in [6, 6.07) is 6.76. The van der Waals surface area contributed by atoms with Crippen LogP contribution in [0.2, 0.25) is 0 Å². The summed E-state index contributed by atoms with van der Waals surface area (Å²) in [5, 5.41) is 0. The summed E-state index contributed by atoms with van der Waals surface area (Å²) in [4.78, 5) is 54.1. The van der Waals surface area contributed by atoms with Gasteiger partial charge in [0, 0.05) is 19.3 Å². The third kappa shape index (κ3) is 5.19. The van der Waals surface area contributed by atoms with Crippen molar-refractivity contribution < 1.29 is 33.4 Å². The summed E-state index contributed by atoms with van der Waals surface area (Å²) in [6.07, 6.45) is 7.58. The maximum Gasteiger partial charge on any atom is 0.355 e. The smallest absolute Gasteiger partial charge is 0.355 e. The van der Waals surface area contributed by atoms with Crippen LogP contribution >= 0.6 is 0 Å². The van der Waals surface area contributed by atoms with Gasteiger partial charge in [-0.05, 0) is 44.1 Å². The zero-order valence-corrected chi connectivity index (χ0v) is 19.5. The minimum atomic E-state index is -0.765. The number of rotatable bonds is 6. The van der Waals surface area contributed by atoms with Crippen molar-refractivity contribution in [2.24, 2.45) is 5.92 Å². The number of carbonyl (C=O) groups excluding carboxylic acids is 4. The summed E-state index contributed by atoms with van der Waals surface area (Å²) < 4.78 is 14.9. The number of likely N-dealkylation sites (tertiary alicyclic amines) is 1. The van der Waals surface area contributed by atoms with Gasteiger partial charge in [0.2, 0.25) is 0 Å². The second-order valence-electron chi connectivity index (χ2n) is 7.68. The second-order valence-corrected chi connectivity index (χ2v) is 7.68. The molecule has 1 aromatic carbocycles. The molecule has 0 saturated carbocycles. The Morgan fingerprint density at radius 2 is 1.76 bits per heavy atom. The van der Waals surface area contributed by atoms with Gasteiger partial charge in [0.05, 0.1) is 43.6 Å². The fourth-order valence-corrected chi connectivity index (χ4v) is 4.00. The Hall–Kier alpha value is -3.88. The van der Waals surface area contributed by atoms with E-state index >= 15 is 0 Å². The topological polar surface area (TPSA) is 102 Å². The molecule has 0 spiro atoms. The van der Waals surface area contributed by atoms with Crippen LogP contribution in [0.5, 0.6) is 0 Å². The lowest BCUT2D eigenvalue weighted by atomic mass is 9.97. The molecule has 0 N–H and O–H groups in total. The van der Waals surface area contributed by atoms with E-state index in [4.69, 9.17) is 14.2 Å². The molecule has 0 aromatic heterocycles. The Kier molecular flexibility index (Phi) is 8.24. The first-order chi connectivity index (χ1) is 16.4. The Balaban J connectivity index is 2.02. The highest BCUT2D eigenvalue weighted by atomic mass is 16.5. The lowest BCUT2D eigenvalue weighted by molar-refractivity contribution is -0.149. The molecule has 2 heterocycles. The molecular formula is C25H28N2O7. The van der Waals surface area contributed by atoms with Gasteiger partial charge < -0.3 is 24.0 Å². The number of methoxy groups -OCH3 is 2. The van der Waals surface area contributed by atoms with Gasteiger partial charge in [-0.1, -0.05) is 18.2 Å². The molecule has 1 aromatic rings. The molecule has 0 radical (unpaired) electrons. The molecular weight excluding hydrogens is 440 g/mol. The molecule has 1 atom stereocenters. The van der Waals surface area contributed by atoms with E-state index in [1.807, 2.05) is 0 Å². The van der Waals surface area contributed by atoms with Crippen LogP contribution in [0, 0.1) is 5.92 Å². The zero-order valence-electron chi connectivity index (χ0n) is 19.5. The molecule has 34 heavy (non-hydrogen) atoms. The van der Waals surface area contributed by atoms with Crippen molar-refractivity contribution in [3.05, 3.63) is 65.5 Å². The monoisotopic (exact) mass is 468 g/mol. The lowest BCUT2D eigenvalue weighted by Crippen LogP contribution is -2.43. The fraction of sp³-hybridized carbons (Fsp3) is 0.360. The molecule has 1 unspecified atom stereocenters.